The van der Waals surface area contributed by atoms with E-state index in [4.69, 9.17) is 0 Å². The minimum Gasteiger partial charge on any atom is -0.370 e. The Labute approximate surface area is 115 Å². The maximum Gasteiger partial charge on any atom is 0.215 e. The third-order valence-corrected chi connectivity index (χ3v) is 3.59. The molecule has 8 heteroatoms. The Morgan fingerprint density at radius 1 is 1.42 bits per heavy atom. The number of aryl methyl sites for hydroxylation is 1. The van der Waals surface area contributed by atoms with Gasteiger partial charge in [-0.2, -0.15) is 0 Å². The number of rotatable bonds is 5. The highest BCUT2D eigenvalue weighted by Gasteiger charge is 2.28. The molecule has 1 aliphatic rings. The van der Waals surface area contributed by atoms with E-state index in [1.165, 1.54) is 11.8 Å². The van der Waals surface area contributed by atoms with E-state index in [0.29, 0.717) is 6.04 Å². The molecule has 1 saturated carbocycles. The fourth-order valence-electron chi connectivity index (χ4n) is 1.76. The van der Waals surface area contributed by atoms with Crippen LogP contribution in [-0.4, -0.2) is 36.7 Å². The fraction of sp³-hybridized carbons (Fsp3) is 0.545. The van der Waals surface area contributed by atoms with E-state index >= 15 is 0 Å². The third-order valence-electron chi connectivity index (χ3n) is 2.72. The summed E-state index contributed by atoms with van der Waals surface area (Å²) in [5.41, 5.74) is 0. The summed E-state index contributed by atoms with van der Waals surface area (Å²) in [6.45, 7) is 4.76. The number of aromatic nitrogens is 6. The van der Waals surface area contributed by atoms with Gasteiger partial charge in [0, 0.05) is 12.6 Å². The molecule has 0 aliphatic heterocycles. The predicted molar refractivity (Wildman–Crippen MR) is 71.1 cm³/mol. The van der Waals surface area contributed by atoms with Gasteiger partial charge in [-0.15, -0.1) is 5.10 Å². The number of nitrogens with zero attached hydrogens (tertiary/aromatic N) is 6. The lowest BCUT2D eigenvalue weighted by Crippen LogP contribution is -2.03. The monoisotopic (exact) mass is 277 g/mol. The third kappa shape index (κ3) is 2.83. The molecule has 0 unspecified atom stereocenters. The van der Waals surface area contributed by atoms with E-state index in [2.05, 4.69) is 30.8 Å². The minimum atomic E-state index is 0.466. The molecule has 19 heavy (non-hydrogen) atoms. The maximum atomic E-state index is 4.41. The Morgan fingerprint density at radius 3 is 3.00 bits per heavy atom. The maximum absolute atomic E-state index is 4.41. The van der Waals surface area contributed by atoms with Crippen LogP contribution < -0.4 is 5.32 Å². The molecule has 0 atom stereocenters. The van der Waals surface area contributed by atoms with E-state index < -0.39 is 0 Å². The van der Waals surface area contributed by atoms with E-state index in [-0.39, 0.29) is 0 Å². The lowest BCUT2D eigenvalue weighted by molar-refractivity contribution is 0.565. The molecule has 100 valence electrons. The summed E-state index contributed by atoms with van der Waals surface area (Å²) in [7, 11) is 0. The van der Waals surface area contributed by atoms with Crippen molar-refractivity contribution < 1.29 is 0 Å². The Hall–Kier alpha value is -1.70. The van der Waals surface area contributed by atoms with Crippen LogP contribution in [0.25, 0.3) is 0 Å². The standard InChI is InChI=1S/C11H15N7S/c1-3-12-9-6-10(14-7(2)13-9)19-11-15-16-17-18(11)8-4-5-8/h6,8H,3-5H2,1-2H3,(H,12,13,14). The zero-order chi connectivity index (χ0) is 13.2. The van der Waals surface area contributed by atoms with Crippen molar-refractivity contribution in [3.8, 4) is 0 Å². The van der Waals surface area contributed by atoms with Gasteiger partial charge in [-0.3, -0.25) is 0 Å². The molecule has 0 bridgehead atoms. The quantitative estimate of drug-likeness (QED) is 0.833. The molecule has 1 fully saturated rings. The highest BCUT2D eigenvalue weighted by Crippen LogP contribution is 2.37. The van der Waals surface area contributed by atoms with Gasteiger partial charge in [0.1, 0.15) is 16.7 Å². The second-order valence-electron chi connectivity index (χ2n) is 4.41. The first-order valence-corrected chi connectivity index (χ1v) is 7.13. The summed E-state index contributed by atoms with van der Waals surface area (Å²) in [6.07, 6.45) is 2.31. The van der Waals surface area contributed by atoms with Crippen LogP contribution in [0.2, 0.25) is 0 Å². The molecular formula is C11H15N7S. The van der Waals surface area contributed by atoms with Crippen molar-refractivity contribution in [2.75, 3.05) is 11.9 Å². The van der Waals surface area contributed by atoms with Gasteiger partial charge in [0.25, 0.3) is 0 Å². The first-order chi connectivity index (χ1) is 9.26. The van der Waals surface area contributed by atoms with Gasteiger partial charge in [-0.1, -0.05) is 0 Å². The Bertz CT molecular complexity index is 578. The minimum absolute atomic E-state index is 0.466. The van der Waals surface area contributed by atoms with Crippen molar-refractivity contribution in [1.29, 1.82) is 0 Å². The normalized spacial score (nSPS) is 14.6. The molecule has 1 N–H and O–H groups in total. The second kappa shape index (κ2) is 5.12. The van der Waals surface area contributed by atoms with Crippen LogP contribution in [0.1, 0.15) is 31.6 Å². The summed E-state index contributed by atoms with van der Waals surface area (Å²) < 4.78 is 1.88. The van der Waals surface area contributed by atoms with E-state index in [0.717, 1.165) is 41.2 Å². The number of tetrazole rings is 1. The molecule has 2 aromatic rings. The largest absolute Gasteiger partial charge is 0.370 e. The van der Waals surface area contributed by atoms with E-state index in [1.54, 1.807) is 0 Å². The van der Waals surface area contributed by atoms with Gasteiger partial charge in [0.15, 0.2) is 0 Å². The predicted octanol–water partition coefficient (Wildman–Crippen LogP) is 1.69. The Morgan fingerprint density at radius 2 is 2.26 bits per heavy atom. The summed E-state index contributed by atoms with van der Waals surface area (Å²) in [5, 5.41) is 16.7. The lowest BCUT2D eigenvalue weighted by Gasteiger charge is -2.06. The summed E-state index contributed by atoms with van der Waals surface area (Å²) in [4.78, 5) is 8.74. The first-order valence-electron chi connectivity index (χ1n) is 6.31. The van der Waals surface area contributed by atoms with Gasteiger partial charge in [0.2, 0.25) is 5.16 Å². The average Bonchev–Trinajstić information content (AvgIpc) is 3.10. The van der Waals surface area contributed by atoms with Crippen LogP contribution >= 0.6 is 11.8 Å². The zero-order valence-electron chi connectivity index (χ0n) is 10.9. The van der Waals surface area contributed by atoms with Crippen LogP contribution in [0.4, 0.5) is 5.82 Å². The van der Waals surface area contributed by atoms with Gasteiger partial charge in [-0.05, 0) is 48.9 Å². The van der Waals surface area contributed by atoms with E-state index in [9.17, 15) is 0 Å². The molecule has 0 amide bonds. The van der Waals surface area contributed by atoms with Gasteiger partial charge < -0.3 is 5.32 Å². The molecule has 3 rings (SSSR count). The molecule has 0 radical (unpaired) electrons. The van der Waals surface area contributed by atoms with Gasteiger partial charge >= 0.3 is 0 Å². The molecular weight excluding hydrogens is 262 g/mol. The second-order valence-corrected chi connectivity index (χ2v) is 5.40. The molecule has 0 aromatic carbocycles. The molecule has 2 aromatic heterocycles. The number of anilines is 1. The highest BCUT2D eigenvalue weighted by molar-refractivity contribution is 7.99. The van der Waals surface area contributed by atoms with Crippen LogP contribution in [0.3, 0.4) is 0 Å². The average molecular weight is 277 g/mol. The van der Waals surface area contributed by atoms with Crippen LogP contribution in [0.15, 0.2) is 16.2 Å². The molecule has 7 nitrogen and oxygen atoms in total. The van der Waals surface area contributed by atoms with Crippen molar-refractivity contribution in [1.82, 2.24) is 30.2 Å². The SMILES string of the molecule is CCNc1cc(Sc2nnnn2C2CC2)nc(C)n1. The molecule has 0 saturated heterocycles. The first kappa shape index (κ1) is 12.3. The number of hydrogen-bond donors (Lipinski definition) is 1. The van der Waals surface area contributed by atoms with Crippen LogP contribution in [0, 0.1) is 6.92 Å². The number of hydrogen-bond acceptors (Lipinski definition) is 7. The van der Waals surface area contributed by atoms with Crippen molar-refractivity contribution in [2.45, 2.75) is 42.9 Å². The molecule has 2 heterocycles. The van der Waals surface area contributed by atoms with Crippen molar-refractivity contribution in [3.05, 3.63) is 11.9 Å². The lowest BCUT2D eigenvalue weighted by atomic mass is 10.5. The Balaban J connectivity index is 1.83. The van der Waals surface area contributed by atoms with Gasteiger partial charge in [0.05, 0.1) is 6.04 Å². The molecule has 0 spiro atoms. The highest BCUT2D eigenvalue weighted by atomic mass is 32.2. The Kier molecular flexibility index (Phi) is 3.33. The summed E-state index contributed by atoms with van der Waals surface area (Å²) in [6, 6.07) is 2.39. The fourth-order valence-corrected chi connectivity index (χ4v) is 2.65. The van der Waals surface area contributed by atoms with Crippen molar-refractivity contribution in [3.63, 3.8) is 0 Å². The van der Waals surface area contributed by atoms with Crippen molar-refractivity contribution in [2.24, 2.45) is 0 Å². The summed E-state index contributed by atoms with van der Waals surface area (Å²) >= 11 is 1.48. The molecule has 1 aliphatic carbocycles. The number of nitrogens with one attached hydrogen (secondary N) is 1. The van der Waals surface area contributed by atoms with Crippen LogP contribution in [-0.2, 0) is 0 Å². The topological polar surface area (TPSA) is 81.4 Å². The zero-order valence-corrected chi connectivity index (χ0v) is 11.7. The van der Waals surface area contributed by atoms with E-state index in [1.807, 2.05) is 24.6 Å². The van der Waals surface area contributed by atoms with Gasteiger partial charge in [-0.25, -0.2) is 14.6 Å². The summed E-state index contributed by atoms with van der Waals surface area (Å²) in [5.74, 6) is 1.58. The van der Waals surface area contributed by atoms with Crippen molar-refractivity contribution >= 4 is 17.6 Å². The smallest absolute Gasteiger partial charge is 0.215 e. The van der Waals surface area contributed by atoms with Crippen LogP contribution in [0.5, 0.6) is 0 Å².